The molecular formula is C11H13O4S-. The molecule has 0 atom stereocenters. The van der Waals surface area contributed by atoms with Gasteiger partial charge in [0, 0.05) is 12.4 Å². The Morgan fingerprint density at radius 1 is 1.25 bits per heavy atom. The minimum absolute atomic E-state index is 0.158. The summed E-state index contributed by atoms with van der Waals surface area (Å²) in [4.78, 5) is 10.4. The van der Waals surface area contributed by atoms with E-state index in [1.807, 2.05) is 6.92 Å². The quantitative estimate of drug-likeness (QED) is 0.736. The molecule has 0 aliphatic rings. The maximum absolute atomic E-state index is 11.6. The molecule has 0 saturated heterocycles. The van der Waals surface area contributed by atoms with Crippen LogP contribution < -0.4 is 5.11 Å². The molecule has 0 aliphatic carbocycles. The number of carbonyl (C=O) groups excluding carboxylic acids is 1. The van der Waals surface area contributed by atoms with Crippen molar-refractivity contribution in [2.45, 2.75) is 24.7 Å². The normalized spacial score (nSPS) is 11.3. The van der Waals surface area contributed by atoms with E-state index in [-0.39, 0.29) is 4.90 Å². The number of rotatable bonds is 5. The van der Waals surface area contributed by atoms with Gasteiger partial charge in [-0.05, 0) is 24.1 Å². The van der Waals surface area contributed by atoms with Crippen LogP contribution in [-0.4, -0.2) is 20.1 Å². The number of carboxylic acids is 1. The summed E-state index contributed by atoms with van der Waals surface area (Å²) in [6.07, 6.45) is 0.358. The number of aryl methyl sites for hydroxylation is 1. The van der Waals surface area contributed by atoms with Crippen LogP contribution in [0, 0.1) is 0 Å². The number of hydrogen-bond donors (Lipinski definition) is 0. The van der Waals surface area contributed by atoms with Gasteiger partial charge in [-0.3, -0.25) is 0 Å². The zero-order chi connectivity index (χ0) is 12.2. The minimum Gasteiger partial charge on any atom is -0.550 e. The molecule has 0 N–H and O–H groups in total. The van der Waals surface area contributed by atoms with Crippen molar-refractivity contribution in [2.75, 3.05) is 5.75 Å². The number of hydrogen-bond acceptors (Lipinski definition) is 4. The summed E-state index contributed by atoms with van der Waals surface area (Å²) in [6.45, 7) is 1.97. The summed E-state index contributed by atoms with van der Waals surface area (Å²) >= 11 is 0. The highest BCUT2D eigenvalue weighted by Gasteiger charge is 2.13. The Kier molecular flexibility index (Phi) is 4.06. The monoisotopic (exact) mass is 241 g/mol. The molecule has 0 spiro atoms. The van der Waals surface area contributed by atoms with E-state index in [1.54, 1.807) is 12.1 Å². The SMILES string of the molecule is CCc1ccc(S(=O)(=O)CCC(=O)[O-])cc1. The molecule has 0 aromatic heterocycles. The lowest BCUT2D eigenvalue weighted by Crippen LogP contribution is -2.25. The lowest BCUT2D eigenvalue weighted by atomic mass is 10.2. The van der Waals surface area contributed by atoms with E-state index in [9.17, 15) is 18.3 Å². The molecule has 0 amide bonds. The summed E-state index contributed by atoms with van der Waals surface area (Å²) in [5.74, 6) is -1.77. The predicted octanol–water partition coefficient (Wildman–Crippen LogP) is 0.163. The molecule has 1 aromatic carbocycles. The van der Waals surface area contributed by atoms with Crippen molar-refractivity contribution in [1.82, 2.24) is 0 Å². The van der Waals surface area contributed by atoms with E-state index < -0.39 is 28.0 Å². The second-order valence-corrected chi connectivity index (χ2v) is 5.55. The van der Waals surface area contributed by atoms with Crippen LogP contribution in [0.3, 0.4) is 0 Å². The van der Waals surface area contributed by atoms with E-state index in [2.05, 4.69) is 0 Å². The first-order chi connectivity index (χ1) is 7.45. The molecule has 1 rings (SSSR count). The van der Waals surface area contributed by atoms with Crippen LogP contribution in [-0.2, 0) is 21.1 Å². The first kappa shape index (κ1) is 12.7. The summed E-state index contributed by atoms with van der Waals surface area (Å²) in [6, 6.07) is 6.46. The highest BCUT2D eigenvalue weighted by atomic mass is 32.2. The van der Waals surface area contributed by atoms with Crippen molar-refractivity contribution in [3.8, 4) is 0 Å². The van der Waals surface area contributed by atoms with E-state index in [0.717, 1.165) is 12.0 Å². The molecule has 16 heavy (non-hydrogen) atoms. The first-order valence-electron chi connectivity index (χ1n) is 4.97. The number of benzene rings is 1. The molecule has 0 unspecified atom stereocenters. The average molecular weight is 241 g/mol. The Morgan fingerprint density at radius 3 is 2.25 bits per heavy atom. The van der Waals surface area contributed by atoms with Gasteiger partial charge in [-0.2, -0.15) is 0 Å². The lowest BCUT2D eigenvalue weighted by Gasteiger charge is -2.05. The summed E-state index contributed by atoms with van der Waals surface area (Å²) in [5.41, 5.74) is 1.04. The van der Waals surface area contributed by atoms with Gasteiger partial charge in [-0.25, -0.2) is 8.42 Å². The fourth-order valence-corrected chi connectivity index (χ4v) is 2.49. The molecule has 0 heterocycles. The molecular weight excluding hydrogens is 228 g/mol. The van der Waals surface area contributed by atoms with E-state index in [4.69, 9.17) is 0 Å². The van der Waals surface area contributed by atoms with E-state index in [1.165, 1.54) is 12.1 Å². The van der Waals surface area contributed by atoms with Crippen molar-refractivity contribution in [3.05, 3.63) is 29.8 Å². The Bertz CT molecular complexity index is 459. The van der Waals surface area contributed by atoms with Crippen molar-refractivity contribution in [1.29, 1.82) is 0 Å². The average Bonchev–Trinajstić information content (AvgIpc) is 2.27. The van der Waals surface area contributed by atoms with Gasteiger partial charge in [0.1, 0.15) is 0 Å². The van der Waals surface area contributed by atoms with Crippen LogP contribution in [0.4, 0.5) is 0 Å². The van der Waals surface area contributed by atoms with Crippen LogP contribution >= 0.6 is 0 Å². The van der Waals surface area contributed by atoms with Gasteiger partial charge in [0.25, 0.3) is 0 Å². The van der Waals surface area contributed by atoms with Crippen LogP contribution in [0.15, 0.2) is 29.2 Å². The van der Waals surface area contributed by atoms with Crippen LogP contribution in [0.25, 0.3) is 0 Å². The summed E-state index contributed by atoms with van der Waals surface area (Å²) in [5, 5.41) is 10.2. The van der Waals surface area contributed by atoms with Crippen LogP contribution in [0.2, 0.25) is 0 Å². The maximum atomic E-state index is 11.6. The van der Waals surface area contributed by atoms with Gasteiger partial charge in [0.15, 0.2) is 9.84 Å². The zero-order valence-corrected chi connectivity index (χ0v) is 9.79. The van der Waals surface area contributed by atoms with Crippen molar-refractivity contribution >= 4 is 15.8 Å². The number of carboxylic acid groups (broad SMARTS) is 1. The highest BCUT2D eigenvalue weighted by Crippen LogP contribution is 2.13. The van der Waals surface area contributed by atoms with Crippen LogP contribution in [0.1, 0.15) is 18.9 Å². The molecule has 0 aliphatic heterocycles. The topological polar surface area (TPSA) is 74.3 Å². The Balaban J connectivity index is 2.85. The van der Waals surface area contributed by atoms with Crippen molar-refractivity contribution in [2.24, 2.45) is 0 Å². The smallest absolute Gasteiger partial charge is 0.178 e. The van der Waals surface area contributed by atoms with Gasteiger partial charge in [0.2, 0.25) is 0 Å². The second kappa shape index (κ2) is 5.12. The first-order valence-corrected chi connectivity index (χ1v) is 6.62. The van der Waals surface area contributed by atoms with Crippen molar-refractivity contribution < 1.29 is 18.3 Å². The summed E-state index contributed by atoms with van der Waals surface area (Å²) in [7, 11) is -3.50. The fraction of sp³-hybridized carbons (Fsp3) is 0.364. The van der Waals surface area contributed by atoms with Gasteiger partial charge in [-0.1, -0.05) is 19.1 Å². The molecule has 0 saturated carbocycles. The largest absolute Gasteiger partial charge is 0.550 e. The molecule has 0 radical (unpaired) electrons. The molecule has 5 heteroatoms. The number of carbonyl (C=O) groups is 1. The minimum atomic E-state index is -3.50. The second-order valence-electron chi connectivity index (χ2n) is 3.44. The third kappa shape index (κ3) is 3.34. The maximum Gasteiger partial charge on any atom is 0.178 e. The molecule has 0 fully saturated rings. The van der Waals surface area contributed by atoms with Gasteiger partial charge >= 0.3 is 0 Å². The Labute approximate surface area is 94.8 Å². The highest BCUT2D eigenvalue weighted by molar-refractivity contribution is 7.91. The fourth-order valence-electron chi connectivity index (χ4n) is 1.27. The van der Waals surface area contributed by atoms with Gasteiger partial charge in [0.05, 0.1) is 10.6 Å². The van der Waals surface area contributed by atoms with Crippen molar-refractivity contribution in [3.63, 3.8) is 0 Å². The van der Waals surface area contributed by atoms with Gasteiger partial charge < -0.3 is 9.90 Å². The zero-order valence-electron chi connectivity index (χ0n) is 8.97. The Morgan fingerprint density at radius 2 is 1.81 bits per heavy atom. The molecule has 4 nitrogen and oxygen atoms in total. The third-order valence-electron chi connectivity index (χ3n) is 2.27. The number of aliphatic carboxylic acids is 1. The molecule has 1 aromatic rings. The summed E-state index contributed by atoms with van der Waals surface area (Å²) < 4.78 is 23.3. The lowest BCUT2D eigenvalue weighted by molar-refractivity contribution is -0.305. The molecule has 0 bridgehead atoms. The predicted molar refractivity (Wildman–Crippen MR) is 57.5 cm³/mol. The van der Waals surface area contributed by atoms with E-state index >= 15 is 0 Å². The molecule has 88 valence electrons. The van der Waals surface area contributed by atoms with E-state index in [0.29, 0.717) is 0 Å². The Hall–Kier alpha value is -1.36. The van der Waals surface area contributed by atoms with Gasteiger partial charge in [-0.15, -0.1) is 0 Å². The van der Waals surface area contributed by atoms with Crippen LogP contribution in [0.5, 0.6) is 0 Å². The standard InChI is InChI=1S/C11H14O4S/c1-2-9-3-5-10(6-4-9)16(14,15)8-7-11(12)13/h3-6H,2,7-8H2,1H3,(H,12,13)/p-1. The number of sulfone groups is 1. The third-order valence-corrected chi connectivity index (χ3v) is 4.00.